The predicted octanol–water partition coefficient (Wildman–Crippen LogP) is 2.45. The molecule has 1 amide bonds. The van der Waals surface area contributed by atoms with Gasteiger partial charge in [0.1, 0.15) is 5.76 Å². The molecule has 7 heteroatoms. The second-order valence-corrected chi connectivity index (χ2v) is 8.09. The molecule has 2 saturated heterocycles. The van der Waals surface area contributed by atoms with E-state index in [0.29, 0.717) is 12.5 Å². The lowest BCUT2D eigenvalue weighted by Gasteiger charge is -2.34. The van der Waals surface area contributed by atoms with Crippen molar-refractivity contribution in [2.45, 2.75) is 26.3 Å². The van der Waals surface area contributed by atoms with E-state index in [0.717, 1.165) is 80.9 Å². The summed E-state index contributed by atoms with van der Waals surface area (Å²) in [6.45, 7) is 9.07. The van der Waals surface area contributed by atoms with Gasteiger partial charge in [-0.1, -0.05) is 6.07 Å². The Morgan fingerprint density at radius 2 is 1.88 bits per heavy atom. The van der Waals surface area contributed by atoms with Gasteiger partial charge in [-0.15, -0.1) is 11.3 Å². The smallest absolute Gasteiger partial charge is 0.236 e. The van der Waals surface area contributed by atoms with E-state index in [4.69, 9.17) is 9.40 Å². The second-order valence-electron chi connectivity index (χ2n) is 7.14. The van der Waals surface area contributed by atoms with Crippen LogP contribution in [0.3, 0.4) is 0 Å². The highest BCUT2D eigenvalue weighted by atomic mass is 32.1. The number of oxazole rings is 1. The largest absolute Gasteiger partial charge is 0.440 e. The third-order valence-corrected chi connectivity index (χ3v) is 6.14. The standard InChI is InChI=1S/C19H26N4O2S/c1-15-16(20-19(25-15)17-5-4-12-26-17)13-21-8-10-22(11-9-21)14-18(24)23-6-2-3-7-23/h4-5,12H,2-3,6-11,13-14H2,1H3. The van der Waals surface area contributed by atoms with Gasteiger partial charge in [-0.3, -0.25) is 14.6 Å². The number of amides is 1. The predicted molar refractivity (Wildman–Crippen MR) is 102 cm³/mol. The molecule has 0 atom stereocenters. The fraction of sp³-hybridized carbons (Fsp3) is 0.579. The van der Waals surface area contributed by atoms with Crippen LogP contribution in [0.4, 0.5) is 0 Å². The fourth-order valence-electron chi connectivity index (χ4n) is 3.66. The number of aryl methyl sites for hydroxylation is 1. The van der Waals surface area contributed by atoms with Gasteiger partial charge < -0.3 is 9.32 Å². The quantitative estimate of drug-likeness (QED) is 0.805. The molecular weight excluding hydrogens is 348 g/mol. The number of thiophene rings is 1. The summed E-state index contributed by atoms with van der Waals surface area (Å²) >= 11 is 1.65. The first-order valence-electron chi connectivity index (χ1n) is 9.42. The monoisotopic (exact) mass is 374 g/mol. The van der Waals surface area contributed by atoms with Crippen LogP contribution in [0.15, 0.2) is 21.9 Å². The van der Waals surface area contributed by atoms with E-state index in [1.807, 2.05) is 29.3 Å². The van der Waals surface area contributed by atoms with E-state index < -0.39 is 0 Å². The number of likely N-dealkylation sites (tertiary alicyclic amines) is 1. The first-order valence-corrected chi connectivity index (χ1v) is 10.3. The minimum absolute atomic E-state index is 0.295. The van der Waals surface area contributed by atoms with Gasteiger partial charge >= 0.3 is 0 Å². The first kappa shape index (κ1) is 17.7. The van der Waals surface area contributed by atoms with Crippen LogP contribution >= 0.6 is 11.3 Å². The summed E-state index contributed by atoms with van der Waals surface area (Å²) in [7, 11) is 0. The van der Waals surface area contributed by atoms with E-state index in [2.05, 4.69) is 9.80 Å². The molecular formula is C19H26N4O2S. The maximum absolute atomic E-state index is 12.3. The third-order valence-electron chi connectivity index (χ3n) is 5.28. The van der Waals surface area contributed by atoms with Gasteiger partial charge in [-0.25, -0.2) is 4.98 Å². The third kappa shape index (κ3) is 4.00. The first-order chi connectivity index (χ1) is 12.7. The van der Waals surface area contributed by atoms with Gasteiger partial charge in [0.05, 0.1) is 17.1 Å². The number of rotatable bonds is 5. The number of piperazine rings is 1. The maximum Gasteiger partial charge on any atom is 0.236 e. The van der Waals surface area contributed by atoms with E-state index in [-0.39, 0.29) is 0 Å². The van der Waals surface area contributed by atoms with Crippen molar-refractivity contribution < 1.29 is 9.21 Å². The summed E-state index contributed by atoms with van der Waals surface area (Å²) < 4.78 is 5.84. The molecule has 26 heavy (non-hydrogen) atoms. The lowest BCUT2D eigenvalue weighted by atomic mass is 10.2. The van der Waals surface area contributed by atoms with Crippen LogP contribution in [-0.4, -0.2) is 71.4 Å². The van der Waals surface area contributed by atoms with Crippen LogP contribution in [0.1, 0.15) is 24.3 Å². The van der Waals surface area contributed by atoms with Crippen molar-refractivity contribution in [2.75, 3.05) is 45.8 Å². The molecule has 0 radical (unpaired) electrons. The average molecular weight is 375 g/mol. The number of carbonyl (C=O) groups excluding carboxylic acids is 1. The average Bonchev–Trinajstić information content (AvgIpc) is 3.38. The number of aromatic nitrogens is 1. The SMILES string of the molecule is Cc1oc(-c2cccs2)nc1CN1CCN(CC(=O)N2CCCC2)CC1. The molecule has 0 spiro atoms. The van der Waals surface area contributed by atoms with E-state index in [1.54, 1.807) is 11.3 Å². The zero-order valence-electron chi connectivity index (χ0n) is 15.3. The van der Waals surface area contributed by atoms with Gasteiger partial charge in [0.25, 0.3) is 0 Å². The molecule has 2 fully saturated rings. The number of nitrogens with zero attached hydrogens (tertiary/aromatic N) is 4. The fourth-order valence-corrected chi connectivity index (χ4v) is 4.30. The summed E-state index contributed by atoms with van der Waals surface area (Å²) in [6, 6.07) is 4.05. The minimum atomic E-state index is 0.295. The summed E-state index contributed by atoms with van der Waals surface area (Å²) in [6.07, 6.45) is 2.31. The molecule has 2 aromatic rings. The summed E-state index contributed by atoms with van der Waals surface area (Å²) in [4.78, 5) is 24.8. The van der Waals surface area contributed by atoms with Crippen molar-refractivity contribution in [3.05, 3.63) is 29.0 Å². The topological polar surface area (TPSA) is 52.8 Å². The number of hydrogen-bond acceptors (Lipinski definition) is 6. The van der Waals surface area contributed by atoms with E-state index in [1.165, 1.54) is 0 Å². The van der Waals surface area contributed by atoms with Gasteiger partial charge in [-0.05, 0) is 31.2 Å². The number of hydrogen-bond donors (Lipinski definition) is 0. The molecule has 2 aliphatic heterocycles. The molecule has 4 heterocycles. The highest BCUT2D eigenvalue weighted by Crippen LogP contribution is 2.26. The highest BCUT2D eigenvalue weighted by Gasteiger charge is 2.24. The van der Waals surface area contributed by atoms with Crippen molar-refractivity contribution in [1.82, 2.24) is 19.7 Å². The van der Waals surface area contributed by atoms with Crippen molar-refractivity contribution in [2.24, 2.45) is 0 Å². The number of carbonyl (C=O) groups is 1. The molecule has 2 aromatic heterocycles. The highest BCUT2D eigenvalue weighted by molar-refractivity contribution is 7.13. The minimum Gasteiger partial charge on any atom is -0.440 e. The zero-order valence-corrected chi connectivity index (χ0v) is 16.1. The van der Waals surface area contributed by atoms with Crippen LogP contribution in [0.5, 0.6) is 0 Å². The molecule has 4 rings (SSSR count). The van der Waals surface area contributed by atoms with Crippen LogP contribution in [-0.2, 0) is 11.3 Å². The zero-order chi connectivity index (χ0) is 17.9. The molecule has 0 saturated carbocycles. The van der Waals surface area contributed by atoms with Crippen LogP contribution in [0, 0.1) is 6.92 Å². The van der Waals surface area contributed by atoms with Gasteiger partial charge in [0.2, 0.25) is 11.8 Å². The molecule has 0 N–H and O–H groups in total. The molecule has 0 aromatic carbocycles. The molecule has 140 valence electrons. The lowest BCUT2D eigenvalue weighted by molar-refractivity contribution is -0.131. The van der Waals surface area contributed by atoms with Crippen molar-refractivity contribution >= 4 is 17.2 Å². The summed E-state index contributed by atoms with van der Waals surface area (Å²) in [5.41, 5.74) is 1.02. The molecule has 6 nitrogen and oxygen atoms in total. The molecule has 2 aliphatic rings. The van der Waals surface area contributed by atoms with Crippen molar-refractivity contribution in [1.29, 1.82) is 0 Å². The molecule has 0 unspecified atom stereocenters. The maximum atomic E-state index is 12.3. The molecule has 0 aliphatic carbocycles. The van der Waals surface area contributed by atoms with Crippen LogP contribution in [0.2, 0.25) is 0 Å². The Bertz CT molecular complexity index is 729. The molecule has 0 bridgehead atoms. The Morgan fingerprint density at radius 1 is 1.15 bits per heavy atom. The summed E-state index contributed by atoms with van der Waals surface area (Å²) in [5, 5.41) is 2.04. The Kier molecular flexibility index (Phi) is 5.38. The van der Waals surface area contributed by atoms with Gasteiger partial charge in [-0.2, -0.15) is 0 Å². The van der Waals surface area contributed by atoms with Gasteiger partial charge in [0.15, 0.2) is 0 Å². The van der Waals surface area contributed by atoms with Gasteiger partial charge in [0, 0.05) is 45.8 Å². The van der Waals surface area contributed by atoms with Crippen molar-refractivity contribution in [3.63, 3.8) is 0 Å². The normalized spacial score (nSPS) is 19.3. The Hall–Kier alpha value is -1.70. The summed E-state index contributed by atoms with van der Waals surface area (Å²) in [5.74, 6) is 1.92. The Morgan fingerprint density at radius 3 is 2.58 bits per heavy atom. The lowest BCUT2D eigenvalue weighted by Crippen LogP contribution is -2.49. The van der Waals surface area contributed by atoms with Crippen molar-refractivity contribution in [3.8, 4) is 10.8 Å². The Labute approximate surface area is 158 Å². The van der Waals surface area contributed by atoms with Crippen LogP contribution in [0.25, 0.3) is 10.8 Å². The van der Waals surface area contributed by atoms with E-state index in [9.17, 15) is 4.79 Å². The second kappa shape index (κ2) is 7.90. The van der Waals surface area contributed by atoms with E-state index >= 15 is 0 Å². The Balaban J connectivity index is 1.28. The van der Waals surface area contributed by atoms with Crippen LogP contribution < -0.4 is 0 Å².